The van der Waals surface area contributed by atoms with E-state index >= 15 is 0 Å². The van der Waals surface area contributed by atoms with E-state index in [0.717, 1.165) is 38.2 Å². The van der Waals surface area contributed by atoms with Crippen LogP contribution in [0.25, 0.3) is 0 Å². The second-order valence-corrected chi connectivity index (χ2v) is 3.67. The number of aromatic nitrogens is 1. The molecular weight excluding hydrogens is 178 g/mol. The van der Waals surface area contributed by atoms with E-state index in [-0.39, 0.29) is 5.92 Å². The van der Waals surface area contributed by atoms with Gasteiger partial charge in [-0.1, -0.05) is 5.16 Å². The van der Waals surface area contributed by atoms with Gasteiger partial charge in [-0.3, -0.25) is 4.90 Å². The third-order valence-corrected chi connectivity index (χ3v) is 2.65. The summed E-state index contributed by atoms with van der Waals surface area (Å²) in [4.78, 5) is 2.31. The first-order chi connectivity index (χ1) is 6.88. The molecule has 1 aliphatic heterocycles. The van der Waals surface area contributed by atoms with Crippen molar-refractivity contribution in [3.8, 4) is 6.07 Å². The van der Waals surface area contributed by atoms with Gasteiger partial charge in [-0.15, -0.1) is 0 Å². The van der Waals surface area contributed by atoms with Crippen molar-refractivity contribution in [3.05, 3.63) is 18.0 Å². The Labute approximate surface area is 83.1 Å². The predicted octanol–water partition coefficient (Wildman–Crippen LogP) is 1.41. The second kappa shape index (κ2) is 4.25. The Hall–Kier alpha value is -1.34. The molecule has 0 atom stereocenters. The average molecular weight is 191 g/mol. The van der Waals surface area contributed by atoms with E-state index in [0.29, 0.717) is 0 Å². The van der Waals surface area contributed by atoms with Gasteiger partial charge >= 0.3 is 0 Å². The fourth-order valence-electron chi connectivity index (χ4n) is 1.77. The third-order valence-electron chi connectivity index (χ3n) is 2.65. The normalized spacial score (nSPS) is 19.4. The van der Waals surface area contributed by atoms with E-state index in [9.17, 15) is 0 Å². The molecule has 0 aromatic carbocycles. The Morgan fingerprint density at radius 1 is 1.57 bits per heavy atom. The Morgan fingerprint density at radius 3 is 2.93 bits per heavy atom. The van der Waals surface area contributed by atoms with Crippen LogP contribution in [0.4, 0.5) is 0 Å². The smallest absolute Gasteiger partial charge is 0.124 e. The molecule has 4 nitrogen and oxygen atoms in total. The van der Waals surface area contributed by atoms with Crippen molar-refractivity contribution < 1.29 is 4.52 Å². The van der Waals surface area contributed by atoms with Crippen LogP contribution in [0.2, 0.25) is 0 Å². The summed E-state index contributed by atoms with van der Waals surface area (Å²) in [5.74, 6) is 0.253. The summed E-state index contributed by atoms with van der Waals surface area (Å²) in [5.41, 5.74) is 0.973. The Balaban J connectivity index is 1.82. The monoisotopic (exact) mass is 191 g/mol. The van der Waals surface area contributed by atoms with Crippen molar-refractivity contribution in [1.29, 1.82) is 5.26 Å². The molecule has 2 heterocycles. The zero-order valence-electron chi connectivity index (χ0n) is 8.02. The maximum absolute atomic E-state index is 8.74. The van der Waals surface area contributed by atoms with Gasteiger partial charge in [0, 0.05) is 18.5 Å². The molecule has 14 heavy (non-hydrogen) atoms. The van der Waals surface area contributed by atoms with Crippen LogP contribution in [0, 0.1) is 17.2 Å². The summed E-state index contributed by atoms with van der Waals surface area (Å²) in [7, 11) is 0. The first-order valence-corrected chi connectivity index (χ1v) is 4.89. The number of hydrogen-bond donors (Lipinski definition) is 0. The van der Waals surface area contributed by atoms with Crippen LogP contribution >= 0.6 is 0 Å². The number of nitriles is 1. The molecule has 0 spiro atoms. The molecule has 0 unspecified atom stereocenters. The van der Waals surface area contributed by atoms with Gasteiger partial charge in [0.15, 0.2) is 0 Å². The Morgan fingerprint density at radius 2 is 2.36 bits per heavy atom. The third kappa shape index (κ3) is 2.12. The maximum Gasteiger partial charge on any atom is 0.124 e. The van der Waals surface area contributed by atoms with Crippen LogP contribution in [0.1, 0.15) is 18.5 Å². The van der Waals surface area contributed by atoms with E-state index < -0.39 is 0 Å². The highest BCUT2D eigenvalue weighted by atomic mass is 16.5. The summed E-state index contributed by atoms with van der Waals surface area (Å²) in [5, 5.41) is 12.6. The molecule has 1 aliphatic rings. The first-order valence-electron chi connectivity index (χ1n) is 4.89. The van der Waals surface area contributed by atoms with Crippen molar-refractivity contribution in [1.82, 2.24) is 10.1 Å². The van der Waals surface area contributed by atoms with Gasteiger partial charge in [0.05, 0.1) is 11.8 Å². The number of likely N-dealkylation sites (tertiary alicyclic amines) is 1. The van der Waals surface area contributed by atoms with Gasteiger partial charge in [0.2, 0.25) is 0 Å². The highest BCUT2D eigenvalue weighted by Gasteiger charge is 2.18. The molecule has 2 rings (SSSR count). The van der Waals surface area contributed by atoms with Crippen molar-refractivity contribution in [2.45, 2.75) is 19.4 Å². The molecule has 0 bridgehead atoms. The van der Waals surface area contributed by atoms with E-state index in [2.05, 4.69) is 16.1 Å². The molecule has 1 saturated heterocycles. The van der Waals surface area contributed by atoms with E-state index in [1.54, 1.807) is 6.26 Å². The molecule has 0 radical (unpaired) electrons. The highest BCUT2D eigenvalue weighted by Crippen LogP contribution is 2.17. The van der Waals surface area contributed by atoms with Crippen molar-refractivity contribution in [3.63, 3.8) is 0 Å². The standard InChI is InChI=1S/C10H13N3O/c11-7-9-1-4-13(5-2-9)8-10-3-6-14-12-10/h3,6,9H,1-2,4-5,8H2. The molecule has 0 saturated carbocycles. The molecule has 74 valence electrons. The minimum Gasteiger partial charge on any atom is -0.364 e. The lowest BCUT2D eigenvalue weighted by atomic mass is 9.98. The van der Waals surface area contributed by atoms with Crippen LogP contribution in [-0.2, 0) is 6.54 Å². The lowest BCUT2D eigenvalue weighted by Crippen LogP contribution is -2.32. The van der Waals surface area contributed by atoms with Crippen molar-refractivity contribution in [2.75, 3.05) is 13.1 Å². The van der Waals surface area contributed by atoms with Crippen LogP contribution in [-0.4, -0.2) is 23.1 Å². The molecule has 1 fully saturated rings. The predicted molar refractivity (Wildman–Crippen MR) is 50.1 cm³/mol. The molecule has 0 N–H and O–H groups in total. The topological polar surface area (TPSA) is 53.1 Å². The summed E-state index contributed by atoms with van der Waals surface area (Å²) < 4.78 is 4.77. The molecule has 1 aromatic rings. The van der Waals surface area contributed by atoms with Crippen molar-refractivity contribution >= 4 is 0 Å². The number of rotatable bonds is 2. The highest BCUT2D eigenvalue weighted by molar-refractivity contribution is 4.96. The summed E-state index contributed by atoms with van der Waals surface area (Å²) >= 11 is 0. The Bertz CT molecular complexity index is 307. The average Bonchev–Trinajstić information content (AvgIpc) is 2.72. The largest absolute Gasteiger partial charge is 0.364 e. The van der Waals surface area contributed by atoms with E-state index in [1.165, 1.54) is 0 Å². The van der Waals surface area contributed by atoms with Gasteiger partial charge in [0.25, 0.3) is 0 Å². The Kier molecular flexibility index (Phi) is 2.80. The summed E-state index contributed by atoms with van der Waals surface area (Å²) in [6.07, 6.45) is 3.56. The van der Waals surface area contributed by atoms with Gasteiger partial charge in [-0.2, -0.15) is 5.26 Å². The molecule has 0 aliphatic carbocycles. The summed E-state index contributed by atoms with van der Waals surface area (Å²) in [6, 6.07) is 4.21. The fraction of sp³-hybridized carbons (Fsp3) is 0.600. The maximum atomic E-state index is 8.74. The van der Waals surface area contributed by atoms with Gasteiger partial charge in [0.1, 0.15) is 6.26 Å². The molecule has 1 aromatic heterocycles. The number of piperidine rings is 1. The lowest BCUT2D eigenvalue weighted by molar-refractivity contribution is 0.193. The molecule has 0 amide bonds. The quantitative estimate of drug-likeness (QED) is 0.709. The lowest BCUT2D eigenvalue weighted by Gasteiger charge is -2.27. The molecular formula is C10H13N3O. The second-order valence-electron chi connectivity index (χ2n) is 3.67. The fourth-order valence-corrected chi connectivity index (χ4v) is 1.77. The SMILES string of the molecule is N#CC1CCN(Cc2ccon2)CC1. The summed E-state index contributed by atoms with van der Waals surface area (Å²) in [6.45, 7) is 2.82. The minimum atomic E-state index is 0.253. The van der Waals surface area contributed by atoms with Crippen molar-refractivity contribution in [2.24, 2.45) is 5.92 Å². The first kappa shape index (κ1) is 9.22. The zero-order chi connectivity index (χ0) is 9.80. The van der Waals surface area contributed by atoms with E-state index in [1.807, 2.05) is 6.07 Å². The number of hydrogen-bond acceptors (Lipinski definition) is 4. The van der Waals surface area contributed by atoms with Crippen LogP contribution in [0.15, 0.2) is 16.9 Å². The van der Waals surface area contributed by atoms with Crippen LogP contribution < -0.4 is 0 Å². The van der Waals surface area contributed by atoms with Gasteiger partial charge in [-0.25, -0.2) is 0 Å². The van der Waals surface area contributed by atoms with Crippen LogP contribution in [0.3, 0.4) is 0 Å². The minimum absolute atomic E-state index is 0.253. The number of nitrogens with zero attached hydrogens (tertiary/aromatic N) is 3. The van der Waals surface area contributed by atoms with E-state index in [4.69, 9.17) is 9.78 Å². The van der Waals surface area contributed by atoms with Crippen LogP contribution in [0.5, 0.6) is 0 Å². The van der Waals surface area contributed by atoms with Gasteiger partial charge < -0.3 is 4.52 Å². The molecule has 4 heteroatoms. The zero-order valence-corrected chi connectivity index (χ0v) is 8.02. The van der Waals surface area contributed by atoms with Gasteiger partial charge in [-0.05, 0) is 25.9 Å².